The summed E-state index contributed by atoms with van der Waals surface area (Å²) in [6.45, 7) is 9.88. The Labute approximate surface area is 84.1 Å². The van der Waals surface area contributed by atoms with E-state index in [2.05, 4.69) is 39.5 Å². The summed E-state index contributed by atoms with van der Waals surface area (Å²) >= 11 is 0. The second-order valence-corrected chi connectivity index (χ2v) is 2.46. The van der Waals surface area contributed by atoms with Crippen molar-refractivity contribution in [2.45, 2.75) is 46.5 Å². The van der Waals surface area contributed by atoms with Gasteiger partial charge in [-0.1, -0.05) is 20.8 Å². The average molecular weight is 178 g/mol. The van der Waals surface area contributed by atoms with Gasteiger partial charge in [0, 0.05) is 12.8 Å². The lowest BCUT2D eigenvalue weighted by Crippen LogP contribution is -1.53. The van der Waals surface area contributed by atoms with Crippen LogP contribution in [-0.2, 0) is 0 Å². The zero-order valence-electron chi connectivity index (χ0n) is 9.27. The van der Waals surface area contributed by atoms with Gasteiger partial charge in [-0.3, -0.25) is 6.92 Å². The summed E-state index contributed by atoms with van der Waals surface area (Å²) in [5.41, 5.74) is 3.03. The topological polar surface area (TPSA) is 0 Å². The lowest BCUT2D eigenvalue weighted by atomic mass is 10.4. The normalized spacial score (nSPS) is 8.00. The number of hydrogen-bond donors (Lipinski definition) is 0. The highest BCUT2D eigenvalue weighted by Gasteiger charge is 1.73. The van der Waals surface area contributed by atoms with Crippen LogP contribution in [0.1, 0.15) is 46.5 Å². The average Bonchev–Trinajstić information content (AvgIpc) is 2.17. The molecule has 0 nitrogen and oxygen atoms in total. The molecule has 0 spiro atoms. The zero-order chi connectivity index (χ0) is 10.4. The molecule has 0 aliphatic heterocycles. The van der Waals surface area contributed by atoms with Gasteiger partial charge >= 0.3 is 0 Å². The Kier molecular flexibility index (Phi) is 19.5. The van der Waals surface area contributed by atoms with E-state index >= 15 is 0 Å². The van der Waals surface area contributed by atoms with Crippen molar-refractivity contribution in [3.63, 3.8) is 0 Å². The lowest BCUT2D eigenvalue weighted by Gasteiger charge is -1.67. The maximum atomic E-state index is 3.58. The highest BCUT2D eigenvalue weighted by Crippen LogP contribution is 1.79. The van der Waals surface area contributed by atoms with E-state index in [9.17, 15) is 0 Å². The smallest absolute Gasteiger partial charge is 0.183 e. The molecule has 0 aliphatic rings. The molecule has 0 aromatic carbocycles. The number of rotatable bonds is 4. The molecule has 0 fully saturated rings. The third-order valence-electron chi connectivity index (χ3n) is 1.14. The van der Waals surface area contributed by atoms with E-state index in [1.54, 1.807) is 0 Å². The molecule has 0 unspecified atom stereocenters. The zero-order valence-corrected chi connectivity index (χ0v) is 9.27. The van der Waals surface area contributed by atoms with Gasteiger partial charge < -0.3 is 0 Å². The first-order valence-electron chi connectivity index (χ1n) is 5.07. The molecule has 0 N–H and O–H groups in total. The minimum atomic E-state index is 0.799. The predicted molar refractivity (Wildman–Crippen MR) is 61.3 cm³/mol. The number of hydrogen-bond acceptors (Lipinski definition) is 0. The molecule has 0 rings (SSSR count). The third-order valence-corrected chi connectivity index (χ3v) is 1.14. The van der Waals surface area contributed by atoms with Crippen LogP contribution < -0.4 is 0 Å². The summed E-state index contributed by atoms with van der Waals surface area (Å²) in [5.74, 6) is 0. The van der Waals surface area contributed by atoms with E-state index in [1.807, 2.05) is 18.2 Å². The summed E-state index contributed by atoms with van der Waals surface area (Å²) in [6.07, 6.45) is 13.1. The van der Waals surface area contributed by atoms with Crippen molar-refractivity contribution in [3.05, 3.63) is 37.0 Å². The second kappa shape index (κ2) is 17.3. The molecular formula is C13H22. The van der Waals surface area contributed by atoms with Crippen LogP contribution in [0.3, 0.4) is 0 Å². The van der Waals surface area contributed by atoms with E-state index in [0.717, 1.165) is 25.7 Å². The first kappa shape index (κ1) is 14.7. The molecule has 0 radical (unpaired) electrons. The fraction of sp³-hybridized carbons (Fsp3) is 0.538. The van der Waals surface area contributed by atoms with Gasteiger partial charge in [0.05, 0.1) is 0 Å². The first-order valence-corrected chi connectivity index (χ1v) is 5.07. The molecule has 0 aromatic heterocycles. The van der Waals surface area contributed by atoms with Gasteiger partial charge in [0.1, 0.15) is 6.08 Å². The summed E-state index contributed by atoms with van der Waals surface area (Å²) in [5, 5.41) is 0. The van der Waals surface area contributed by atoms with Crippen molar-refractivity contribution < 1.29 is 0 Å². The molecule has 13 heavy (non-hydrogen) atoms. The van der Waals surface area contributed by atoms with Crippen LogP contribution in [-0.4, -0.2) is 0 Å². The van der Waals surface area contributed by atoms with Gasteiger partial charge in [0.25, 0.3) is 0 Å². The molecule has 0 saturated carbocycles. The monoisotopic (exact) mass is 178 g/mol. The Balaban J connectivity index is 0. The molecular weight excluding hydrogens is 156 g/mol. The van der Waals surface area contributed by atoms with Crippen molar-refractivity contribution >= 4 is 0 Å². The van der Waals surface area contributed by atoms with Crippen LogP contribution in [0, 0.1) is 13.0 Å². The minimum absolute atomic E-state index is 0.799. The van der Waals surface area contributed by atoms with Crippen LogP contribution in [0.25, 0.3) is 0 Å². The van der Waals surface area contributed by atoms with Gasteiger partial charge in [0.15, 0.2) is 6.08 Å². The summed E-state index contributed by atoms with van der Waals surface area (Å²) in [7, 11) is 0. The van der Waals surface area contributed by atoms with Crippen molar-refractivity contribution in [2.24, 2.45) is 0 Å². The third kappa shape index (κ3) is 24.7. The first-order chi connectivity index (χ1) is 6.33. The molecule has 74 valence electrons. The van der Waals surface area contributed by atoms with E-state index in [4.69, 9.17) is 0 Å². The van der Waals surface area contributed by atoms with Crippen LogP contribution in [0.4, 0.5) is 0 Å². The predicted octanol–water partition coefficient (Wildman–Crippen LogP) is 4.50. The summed E-state index contributed by atoms with van der Waals surface area (Å²) < 4.78 is 0. The van der Waals surface area contributed by atoms with Gasteiger partial charge in [-0.25, -0.2) is 0 Å². The van der Waals surface area contributed by atoms with Crippen LogP contribution in [0.15, 0.2) is 24.0 Å². The Morgan fingerprint density at radius 2 is 1.62 bits per heavy atom. The van der Waals surface area contributed by atoms with Gasteiger partial charge in [0.2, 0.25) is 0 Å². The largest absolute Gasteiger partial charge is 0.289 e. The lowest BCUT2D eigenvalue weighted by molar-refractivity contribution is 1.18. The Morgan fingerprint density at radius 3 is 1.85 bits per heavy atom. The maximum absolute atomic E-state index is 3.58. The van der Waals surface area contributed by atoms with Crippen LogP contribution >= 0.6 is 0 Å². The van der Waals surface area contributed by atoms with Crippen molar-refractivity contribution in [1.29, 1.82) is 0 Å². The van der Waals surface area contributed by atoms with Crippen molar-refractivity contribution in [1.82, 2.24) is 0 Å². The van der Waals surface area contributed by atoms with Crippen molar-refractivity contribution in [2.75, 3.05) is 0 Å². The van der Waals surface area contributed by atoms with Gasteiger partial charge in [-0.05, 0) is 25.0 Å². The Morgan fingerprint density at radius 1 is 1.08 bits per heavy atom. The molecule has 0 amide bonds. The maximum Gasteiger partial charge on any atom is 0.183 e. The second-order valence-electron chi connectivity index (χ2n) is 2.46. The molecule has 0 bridgehead atoms. The van der Waals surface area contributed by atoms with Gasteiger partial charge in [-0.2, -0.15) is 0 Å². The molecule has 0 aliphatic carbocycles. The molecule has 0 atom stereocenters. The summed E-state index contributed by atoms with van der Waals surface area (Å²) in [4.78, 5) is 0. The standard InChI is InChI=1S/C7H12.C6H10/c1-3-5-7-6-4-2;1-3-5-6-4-2/h5-6H,3-4H2,1-2H3;6H,1,3-4H2,2H3. The fourth-order valence-corrected chi connectivity index (χ4v) is 0.565. The van der Waals surface area contributed by atoms with Gasteiger partial charge in [-0.15, -0.1) is 5.73 Å². The van der Waals surface area contributed by atoms with E-state index in [1.165, 1.54) is 0 Å². The quantitative estimate of drug-likeness (QED) is 0.439. The van der Waals surface area contributed by atoms with Crippen LogP contribution in [0.5, 0.6) is 0 Å². The number of allylic oxidation sites excluding steroid dienone is 3. The Hall–Kier alpha value is -0.830. The highest BCUT2D eigenvalue weighted by molar-refractivity contribution is 4.82. The summed E-state index contributed by atoms with van der Waals surface area (Å²) in [6, 6.07) is 0. The van der Waals surface area contributed by atoms with Crippen molar-refractivity contribution in [3.8, 4) is 0 Å². The van der Waals surface area contributed by atoms with E-state index in [-0.39, 0.29) is 0 Å². The highest BCUT2D eigenvalue weighted by atomic mass is 13.7. The SMILES string of the molecule is CCC=C=CCC.[CH2-]C[C+]=CCC. The molecule has 0 heterocycles. The minimum Gasteiger partial charge on any atom is -0.289 e. The Bertz CT molecular complexity index is 131. The molecule has 0 heteroatoms. The van der Waals surface area contributed by atoms with E-state index in [0.29, 0.717) is 0 Å². The fourth-order valence-electron chi connectivity index (χ4n) is 0.565. The van der Waals surface area contributed by atoms with Crippen LogP contribution in [0.2, 0.25) is 0 Å². The van der Waals surface area contributed by atoms with E-state index < -0.39 is 0 Å². The molecule has 0 saturated heterocycles. The molecule has 0 aromatic rings.